The van der Waals surface area contributed by atoms with Crippen molar-refractivity contribution < 1.29 is 0 Å². The molecule has 0 rings (SSSR count). The van der Waals surface area contributed by atoms with Crippen LogP contribution >= 0.6 is 0 Å². The van der Waals surface area contributed by atoms with Crippen LogP contribution in [0.3, 0.4) is 0 Å². The van der Waals surface area contributed by atoms with Crippen LogP contribution in [-0.4, -0.2) is 0 Å². The minimum atomic E-state index is 0.648. The SMILES string of the molecule is C=C(C(C)C)C(C)C.CC(C)/C=C/C(C)C. The van der Waals surface area contributed by atoms with Crippen molar-refractivity contribution in [1.29, 1.82) is 0 Å². The van der Waals surface area contributed by atoms with E-state index in [2.05, 4.69) is 74.1 Å². The fourth-order valence-electron chi connectivity index (χ4n) is 1.11. The lowest BCUT2D eigenvalue weighted by Crippen LogP contribution is -1.99. The van der Waals surface area contributed by atoms with E-state index in [1.165, 1.54) is 5.57 Å². The Labute approximate surface area is 104 Å². The normalized spacial score (nSPS) is 11.5. The highest BCUT2D eigenvalue weighted by Gasteiger charge is 2.02. The van der Waals surface area contributed by atoms with Gasteiger partial charge in [0.05, 0.1) is 0 Å². The van der Waals surface area contributed by atoms with Crippen LogP contribution in [-0.2, 0) is 0 Å². The van der Waals surface area contributed by atoms with Gasteiger partial charge in [0.1, 0.15) is 0 Å². The Kier molecular flexibility index (Phi) is 10.8. The first kappa shape index (κ1) is 17.9. The standard InChI is InChI=1S/2C8H16/c1-7(2)5-6-8(3)4;1-6(2)8(5)7(3)4/h5-8H,1-4H3;6-7H,5H2,1-4H3/b6-5+;. The highest BCUT2D eigenvalue weighted by molar-refractivity contribution is 4.99. The van der Waals surface area contributed by atoms with Gasteiger partial charge < -0.3 is 0 Å². The monoisotopic (exact) mass is 224 g/mol. The van der Waals surface area contributed by atoms with E-state index in [4.69, 9.17) is 0 Å². The van der Waals surface area contributed by atoms with Gasteiger partial charge in [-0.1, -0.05) is 79.7 Å². The predicted octanol–water partition coefficient (Wildman–Crippen LogP) is 5.71. The van der Waals surface area contributed by atoms with Crippen molar-refractivity contribution in [2.24, 2.45) is 23.7 Å². The van der Waals surface area contributed by atoms with Gasteiger partial charge in [0.25, 0.3) is 0 Å². The summed E-state index contributed by atoms with van der Waals surface area (Å²) in [5.41, 5.74) is 1.35. The molecule has 0 N–H and O–H groups in total. The van der Waals surface area contributed by atoms with E-state index >= 15 is 0 Å². The van der Waals surface area contributed by atoms with Gasteiger partial charge >= 0.3 is 0 Å². The third-order valence-corrected chi connectivity index (χ3v) is 2.36. The molecule has 0 nitrogen and oxygen atoms in total. The van der Waals surface area contributed by atoms with Crippen LogP contribution in [0.4, 0.5) is 0 Å². The molecular formula is C16H32. The average molecular weight is 224 g/mol. The highest BCUT2D eigenvalue weighted by Crippen LogP contribution is 2.15. The summed E-state index contributed by atoms with van der Waals surface area (Å²) in [7, 11) is 0. The van der Waals surface area contributed by atoms with Crippen molar-refractivity contribution in [2.45, 2.75) is 55.4 Å². The number of hydrogen-bond acceptors (Lipinski definition) is 0. The van der Waals surface area contributed by atoms with Gasteiger partial charge in [-0.2, -0.15) is 0 Å². The molecule has 0 bridgehead atoms. The zero-order valence-corrected chi connectivity index (χ0v) is 12.7. The molecule has 0 aromatic rings. The summed E-state index contributed by atoms with van der Waals surface area (Å²) < 4.78 is 0. The second-order valence-electron chi connectivity index (χ2n) is 5.76. The summed E-state index contributed by atoms with van der Waals surface area (Å²) in [6, 6.07) is 0. The molecule has 0 atom stereocenters. The lowest BCUT2D eigenvalue weighted by Gasteiger charge is -2.11. The van der Waals surface area contributed by atoms with E-state index in [1.807, 2.05) is 0 Å². The topological polar surface area (TPSA) is 0 Å². The summed E-state index contributed by atoms with van der Waals surface area (Å²) in [5.74, 6) is 2.71. The van der Waals surface area contributed by atoms with Gasteiger partial charge in [-0.25, -0.2) is 0 Å². The number of hydrogen-bond donors (Lipinski definition) is 0. The molecule has 0 aromatic carbocycles. The van der Waals surface area contributed by atoms with E-state index in [9.17, 15) is 0 Å². The van der Waals surface area contributed by atoms with Crippen molar-refractivity contribution >= 4 is 0 Å². The van der Waals surface area contributed by atoms with E-state index in [-0.39, 0.29) is 0 Å². The van der Waals surface area contributed by atoms with Gasteiger partial charge in [-0.3, -0.25) is 0 Å². The molecule has 0 radical (unpaired) electrons. The van der Waals surface area contributed by atoms with Crippen molar-refractivity contribution in [3.63, 3.8) is 0 Å². The van der Waals surface area contributed by atoms with Gasteiger partial charge in [0.2, 0.25) is 0 Å². The molecule has 0 aliphatic carbocycles. The Morgan fingerprint density at radius 3 is 1.00 bits per heavy atom. The Balaban J connectivity index is 0. The Bertz CT molecular complexity index is 172. The zero-order chi connectivity index (χ0) is 13.3. The summed E-state index contributed by atoms with van der Waals surface area (Å²) in [6.07, 6.45) is 4.48. The van der Waals surface area contributed by atoms with Crippen LogP contribution < -0.4 is 0 Å². The van der Waals surface area contributed by atoms with Gasteiger partial charge in [0.15, 0.2) is 0 Å². The Hall–Kier alpha value is -0.520. The van der Waals surface area contributed by atoms with Crippen LogP contribution in [0.5, 0.6) is 0 Å². The zero-order valence-electron chi connectivity index (χ0n) is 12.7. The summed E-state index contributed by atoms with van der Waals surface area (Å²) in [5, 5.41) is 0. The van der Waals surface area contributed by atoms with Crippen LogP contribution in [0.25, 0.3) is 0 Å². The first-order valence-corrected chi connectivity index (χ1v) is 6.55. The average Bonchev–Trinajstić information content (AvgIpc) is 2.14. The second-order valence-corrected chi connectivity index (χ2v) is 5.76. The highest BCUT2D eigenvalue weighted by atomic mass is 14.1. The van der Waals surface area contributed by atoms with Gasteiger partial charge in [-0.15, -0.1) is 0 Å². The fourth-order valence-corrected chi connectivity index (χ4v) is 1.11. The van der Waals surface area contributed by atoms with Crippen molar-refractivity contribution in [1.82, 2.24) is 0 Å². The summed E-state index contributed by atoms with van der Waals surface area (Å²) in [4.78, 5) is 0. The van der Waals surface area contributed by atoms with E-state index in [0.29, 0.717) is 23.7 Å². The lowest BCUT2D eigenvalue weighted by atomic mass is 9.95. The molecule has 0 aromatic heterocycles. The van der Waals surface area contributed by atoms with Crippen LogP contribution in [0, 0.1) is 23.7 Å². The lowest BCUT2D eigenvalue weighted by molar-refractivity contribution is 0.630. The quantitative estimate of drug-likeness (QED) is 0.537. The molecule has 0 saturated heterocycles. The molecule has 0 amide bonds. The maximum atomic E-state index is 3.95. The molecule has 0 heteroatoms. The van der Waals surface area contributed by atoms with E-state index in [1.54, 1.807) is 0 Å². The number of allylic oxidation sites excluding steroid dienone is 3. The third kappa shape index (κ3) is 13.5. The first-order chi connectivity index (χ1) is 7.18. The summed E-state index contributed by atoms with van der Waals surface area (Å²) in [6.45, 7) is 21.5. The third-order valence-electron chi connectivity index (χ3n) is 2.36. The Morgan fingerprint density at radius 1 is 0.688 bits per heavy atom. The molecule has 0 unspecified atom stereocenters. The van der Waals surface area contributed by atoms with Gasteiger partial charge in [-0.05, 0) is 23.7 Å². The maximum Gasteiger partial charge on any atom is -0.0260 e. The van der Waals surface area contributed by atoms with Crippen LogP contribution in [0.1, 0.15) is 55.4 Å². The largest absolute Gasteiger partial charge is 0.0993 e. The predicted molar refractivity (Wildman–Crippen MR) is 77.6 cm³/mol. The van der Waals surface area contributed by atoms with Crippen molar-refractivity contribution in [3.05, 3.63) is 24.3 Å². The summed E-state index contributed by atoms with van der Waals surface area (Å²) >= 11 is 0. The minimum absolute atomic E-state index is 0.648. The van der Waals surface area contributed by atoms with Crippen LogP contribution in [0.15, 0.2) is 24.3 Å². The first-order valence-electron chi connectivity index (χ1n) is 6.55. The molecule has 0 fully saturated rings. The number of rotatable bonds is 4. The van der Waals surface area contributed by atoms with Crippen molar-refractivity contribution in [2.75, 3.05) is 0 Å². The molecule has 0 spiro atoms. The Morgan fingerprint density at radius 2 is 0.938 bits per heavy atom. The second kappa shape index (κ2) is 9.69. The van der Waals surface area contributed by atoms with Crippen LogP contribution in [0.2, 0.25) is 0 Å². The molecular weight excluding hydrogens is 192 g/mol. The molecule has 0 aliphatic heterocycles. The molecule has 0 saturated carbocycles. The molecule has 96 valence electrons. The molecule has 16 heavy (non-hydrogen) atoms. The molecule has 0 heterocycles. The van der Waals surface area contributed by atoms with E-state index in [0.717, 1.165) is 0 Å². The fraction of sp³-hybridized carbons (Fsp3) is 0.750. The minimum Gasteiger partial charge on any atom is -0.0993 e. The van der Waals surface area contributed by atoms with Crippen molar-refractivity contribution in [3.8, 4) is 0 Å². The maximum absolute atomic E-state index is 3.95. The smallest absolute Gasteiger partial charge is 0.0260 e. The van der Waals surface area contributed by atoms with Gasteiger partial charge in [0, 0.05) is 0 Å². The van der Waals surface area contributed by atoms with E-state index < -0.39 is 0 Å². The molecule has 0 aliphatic rings.